The van der Waals surface area contributed by atoms with Gasteiger partial charge in [-0.1, -0.05) is 19.9 Å². The van der Waals surface area contributed by atoms with Gasteiger partial charge in [-0.3, -0.25) is 0 Å². The van der Waals surface area contributed by atoms with E-state index in [0.717, 1.165) is 12.8 Å². The highest BCUT2D eigenvalue weighted by molar-refractivity contribution is 7.89. The summed E-state index contributed by atoms with van der Waals surface area (Å²) in [6, 6.07) is 4.07. The smallest absolute Gasteiger partial charge is 0.207 e. The van der Waals surface area contributed by atoms with Gasteiger partial charge in [0.15, 0.2) is 0 Å². The molecule has 1 aliphatic heterocycles. The van der Waals surface area contributed by atoms with E-state index in [4.69, 9.17) is 11.6 Å². The van der Waals surface area contributed by atoms with Crippen molar-refractivity contribution < 1.29 is 12.8 Å². The molecular formula is C15H21ClFNO2S. The molecule has 0 unspecified atom stereocenters. The highest BCUT2D eigenvalue weighted by Gasteiger charge is 2.32. The summed E-state index contributed by atoms with van der Waals surface area (Å²) in [6.07, 6.45) is 1.66. The van der Waals surface area contributed by atoms with Crippen molar-refractivity contribution in [1.29, 1.82) is 0 Å². The van der Waals surface area contributed by atoms with Crippen molar-refractivity contribution in [3.8, 4) is 0 Å². The van der Waals surface area contributed by atoms with E-state index < -0.39 is 15.8 Å². The van der Waals surface area contributed by atoms with Gasteiger partial charge in [0.05, 0.1) is 0 Å². The van der Waals surface area contributed by atoms with Crippen LogP contribution in [0.1, 0.15) is 32.3 Å². The summed E-state index contributed by atoms with van der Waals surface area (Å²) >= 11 is 5.63. The number of piperidine rings is 1. The minimum absolute atomic E-state index is 0.164. The minimum Gasteiger partial charge on any atom is -0.207 e. The van der Waals surface area contributed by atoms with Crippen molar-refractivity contribution in [2.45, 2.75) is 37.5 Å². The van der Waals surface area contributed by atoms with Gasteiger partial charge >= 0.3 is 0 Å². The number of nitrogens with zero attached hydrogens (tertiary/aromatic N) is 1. The molecule has 21 heavy (non-hydrogen) atoms. The van der Waals surface area contributed by atoms with Crippen LogP contribution in [0.4, 0.5) is 4.39 Å². The van der Waals surface area contributed by atoms with Crippen LogP contribution in [0.2, 0.25) is 0 Å². The molecule has 3 nitrogen and oxygen atoms in total. The Balaban J connectivity index is 2.19. The highest BCUT2D eigenvalue weighted by atomic mass is 35.5. The molecule has 1 aromatic rings. The molecule has 1 fully saturated rings. The van der Waals surface area contributed by atoms with E-state index in [1.54, 1.807) is 6.07 Å². The van der Waals surface area contributed by atoms with E-state index in [1.165, 1.54) is 16.4 Å². The predicted octanol–water partition coefficient (Wildman–Crippen LogP) is 3.62. The van der Waals surface area contributed by atoms with Gasteiger partial charge in [-0.15, -0.1) is 11.6 Å². The quantitative estimate of drug-likeness (QED) is 0.789. The molecule has 0 bridgehead atoms. The number of hydrogen-bond donors (Lipinski definition) is 0. The topological polar surface area (TPSA) is 37.4 Å². The fraction of sp³-hybridized carbons (Fsp3) is 0.600. The van der Waals surface area contributed by atoms with Crippen molar-refractivity contribution in [3.63, 3.8) is 0 Å². The van der Waals surface area contributed by atoms with Gasteiger partial charge in [-0.25, -0.2) is 12.8 Å². The summed E-state index contributed by atoms with van der Waals surface area (Å²) in [7, 11) is -3.75. The number of alkyl halides is 1. The number of hydrogen-bond acceptors (Lipinski definition) is 2. The maximum atomic E-state index is 14.0. The zero-order valence-corrected chi connectivity index (χ0v) is 13.9. The van der Waals surface area contributed by atoms with Gasteiger partial charge in [0.1, 0.15) is 10.7 Å². The van der Waals surface area contributed by atoms with Crippen LogP contribution in [0.3, 0.4) is 0 Å². The van der Waals surface area contributed by atoms with Crippen molar-refractivity contribution in [2.75, 3.05) is 13.1 Å². The SMILES string of the molecule is CC(C)C1CCN(S(=O)(=O)c2ccc(CCl)cc2F)CC1. The lowest BCUT2D eigenvalue weighted by Crippen LogP contribution is -2.39. The van der Waals surface area contributed by atoms with Gasteiger partial charge in [0.2, 0.25) is 10.0 Å². The monoisotopic (exact) mass is 333 g/mol. The molecule has 1 saturated heterocycles. The Hall–Kier alpha value is -0.650. The molecule has 1 aliphatic rings. The van der Waals surface area contributed by atoms with Crippen molar-refractivity contribution in [3.05, 3.63) is 29.6 Å². The first-order valence-electron chi connectivity index (χ1n) is 7.20. The lowest BCUT2D eigenvalue weighted by molar-refractivity contribution is 0.226. The minimum atomic E-state index is -3.75. The molecule has 0 amide bonds. The lowest BCUT2D eigenvalue weighted by Gasteiger charge is -2.33. The molecule has 0 atom stereocenters. The van der Waals surface area contributed by atoms with Crippen LogP contribution in [0, 0.1) is 17.7 Å². The normalized spacial score (nSPS) is 18.3. The number of rotatable bonds is 4. The van der Waals surface area contributed by atoms with Crippen molar-refractivity contribution >= 4 is 21.6 Å². The van der Waals surface area contributed by atoms with Gasteiger partial charge in [-0.2, -0.15) is 4.31 Å². The van der Waals surface area contributed by atoms with Gasteiger partial charge in [-0.05, 0) is 42.4 Å². The standard InChI is InChI=1S/C15H21ClFNO2S/c1-11(2)13-5-7-18(8-6-13)21(19,20)15-4-3-12(10-16)9-14(15)17/h3-4,9,11,13H,5-8,10H2,1-2H3. The average Bonchev–Trinajstić information content (AvgIpc) is 2.46. The molecule has 0 spiro atoms. The first kappa shape index (κ1) is 16.7. The third-order valence-corrected chi connectivity index (χ3v) is 6.45. The Morgan fingerprint density at radius 2 is 1.95 bits per heavy atom. The van der Waals surface area contributed by atoms with Crippen LogP contribution < -0.4 is 0 Å². The van der Waals surface area contributed by atoms with Crippen LogP contribution >= 0.6 is 11.6 Å². The van der Waals surface area contributed by atoms with E-state index in [1.807, 2.05) is 0 Å². The zero-order chi connectivity index (χ0) is 15.6. The van der Waals surface area contributed by atoms with Crippen molar-refractivity contribution in [2.24, 2.45) is 11.8 Å². The molecule has 1 aromatic carbocycles. The van der Waals surface area contributed by atoms with E-state index in [2.05, 4.69) is 13.8 Å². The molecule has 0 N–H and O–H groups in total. The molecular weight excluding hydrogens is 313 g/mol. The molecule has 118 valence electrons. The second kappa shape index (κ2) is 6.63. The summed E-state index contributed by atoms with van der Waals surface area (Å²) in [5.41, 5.74) is 0.576. The average molecular weight is 334 g/mol. The summed E-state index contributed by atoms with van der Waals surface area (Å²) < 4.78 is 40.5. The Labute approximate surface area is 131 Å². The first-order chi connectivity index (χ1) is 9.86. The predicted molar refractivity (Wildman–Crippen MR) is 82.3 cm³/mol. The van der Waals surface area contributed by atoms with Crippen molar-refractivity contribution in [1.82, 2.24) is 4.31 Å². The molecule has 0 aromatic heterocycles. The molecule has 2 rings (SSSR count). The Morgan fingerprint density at radius 3 is 2.43 bits per heavy atom. The van der Waals surface area contributed by atoms with E-state index in [-0.39, 0.29) is 10.8 Å². The number of sulfonamides is 1. The van der Waals surface area contributed by atoms with E-state index >= 15 is 0 Å². The second-order valence-electron chi connectivity index (χ2n) is 5.88. The lowest BCUT2D eigenvalue weighted by atomic mass is 9.87. The number of halogens is 2. The van der Waals surface area contributed by atoms with Crippen LogP contribution in [0.15, 0.2) is 23.1 Å². The Kier molecular flexibility index (Phi) is 5.28. The zero-order valence-electron chi connectivity index (χ0n) is 12.4. The van der Waals surface area contributed by atoms with E-state index in [9.17, 15) is 12.8 Å². The Bertz CT molecular complexity index is 596. The first-order valence-corrected chi connectivity index (χ1v) is 9.18. The summed E-state index contributed by atoms with van der Waals surface area (Å²) in [5.74, 6) is 0.533. The molecule has 0 saturated carbocycles. The van der Waals surface area contributed by atoms with Crippen LogP contribution in [0.5, 0.6) is 0 Å². The van der Waals surface area contributed by atoms with Gasteiger partial charge < -0.3 is 0 Å². The summed E-state index contributed by atoms with van der Waals surface area (Å²) in [4.78, 5) is -0.251. The summed E-state index contributed by atoms with van der Waals surface area (Å²) in [5, 5.41) is 0. The third-order valence-electron chi connectivity index (χ3n) is 4.21. The van der Waals surface area contributed by atoms with Gasteiger partial charge in [0.25, 0.3) is 0 Å². The van der Waals surface area contributed by atoms with E-state index in [0.29, 0.717) is 30.5 Å². The van der Waals surface area contributed by atoms with Crippen LogP contribution in [0.25, 0.3) is 0 Å². The maximum Gasteiger partial charge on any atom is 0.245 e. The van der Waals surface area contributed by atoms with Gasteiger partial charge in [0, 0.05) is 19.0 Å². The maximum absolute atomic E-state index is 14.0. The molecule has 1 heterocycles. The third kappa shape index (κ3) is 3.58. The molecule has 0 aliphatic carbocycles. The highest BCUT2D eigenvalue weighted by Crippen LogP contribution is 2.29. The van der Waals surface area contributed by atoms with Crippen LogP contribution in [-0.4, -0.2) is 25.8 Å². The largest absolute Gasteiger partial charge is 0.245 e. The number of benzene rings is 1. The fourth-order valence-electron chi connectivity index (χ4n) is 2.76. The summed E-state index contributed by atoms with van der Waals surface area (Å²) in [6.45, 7) is 5.22. The second-order valence-corrected chi connectivity index (χ2v) is 8.06. The fourth-order valence-corrected chi connectivity index (χ4v) is 4.44. The Morgan fingerprint density at radius 1 is 1.33 bits per heavy atom. The molecule has 6 heteroatoms. The van der Waals surface area contributed by atoms with Crippen LogP contribution in [-0.2, 0) is 15.9 Å². The molecule has 0 radical (unpaired) electrons.